The van der Waals surface area contributed by atoms with E-state index in [-0.39, 0.29) is 29.5 Å². The van der Waals surface area contributed by atoms with E-state index in [2.05, 4.69) is 30.2 Å². The van der Waals surface area contributed by atoms with Gasteiger partial charge in [0.15, 0.2) is 0 Å². The number of halogens is 3. The Morgan fingerprint density at radius 3 is 2.81 bits per heavy atom. The van der Waals surface area contributed by atoms with Crippen molar-refractivity contribution in [2.45, 2.75) is 18.6 Å². The van der Waals surface area contributed by atoms with E-state index in [0.717, 1.165) is 16.3 Å². The highest BCUT2D eigenvalue weighted by Gasteiger charge is 2.39. The van der Waals surface area contributed by atoms with Crippen molar-refractivity contribution in [3.8, 4) is 17.3 Å². The Morgan fingerprint density at radius 2 is 2.05 bits per heavy atom. The third-order valence-electron chi connectivity index (χ3n) is 6.06. The number of H-pyrrole nitrogens is 1. The predicted octanol–water partition coefficient (Wildman–Crippen LogP) is 3.32. The molecular weight excluding hydrogens is 493 g/mol. The van der Waals surface area contributed by atoms with Crippen LogP contribution in [0, 0.1) is 0 Å². The molecule has 14 heteroatoms. The van der Waals surface area contributed by atoms with Gasteiger partial charge >= 0.3 is 18.0 Å². The lowest BCUT2D eigenvalue weighted by Gasteiger charge is -2.32. The van der Waals surface area contributed by atoms with Gasteiger partial charge < -0.3 is 19.0 Å². The molecule has 5 aromatic rings. The average Bonchev–Trinajstić information content (AvgIpc) is 3.66. The fourth-order valence-electron chi connectivity index (χ4n) is 4.35. The van der Waals surface area contributed by atoms with Crippen molar-refractivity contribution in [3.05, 3.63) is 77.6 Å². The fourth-order valence-corrected chi connectivity index (χ4v) is 4.35. The second-order valence-electron chi connectivity index (χ2n) is 8.23. The molecule has 1 aliphatic rings. The quantitative estimate of drug-likeness (QED) is 0.390. The number of imidazole rings is 1. The summed E-state index contributed by atoms with van der Waals surface area (Å²) in [6.07, 6.45) is -1.22. The molecule has 0 saturated carbocycles. The zero-order valence-electron chi connectivity index (χ0n) is 19.1. The molecule has 5 aromatic heterocycles. The number of ether oxygens (including phenoxy) is 1. The van der Waals surface area contributed by atoms with Crippen molar-refractivity contribution < 1.29 is 27.1 Å². The molecule has 1 atom stereocenters. The van der Waals surface area contributed by atoms with Crippen LogP contribution in [0.2, 0.25) is 0 Å². The number of amides is 1. The predicted molar refractivity (Wildman–Crippen MR) is 119 cm³/mol. The number of nitrogens with one attached hydrogen (secondary N) is 1. The highest BCUT2D eigenvalue weighted by atomic mass is 19.4. The van der Waals surface area contributed by atoms with E-state index in [4.69, 9.17) is 9.15 Å². The molecule has 11 nitrogen and oxygen atoms in total. The van der Waals surface area contributed by atoms with Gasteiger partial charge in [0.2, 0.25) is 11.8 Å². The van der Waals surface area contributed by atoms with Crippen LogP contribution in [0.1, 0.15) is 39.5 Å². The minimum Gasteiger partial charge on any atom is -0.481 e. The Morgan fingerprint density at radius 1 is 1.19 bits per heavy atom. The Hall–Kier alpha value is -4.75. The number of hydrogen-bond acceptors (Lipinski definition) is 8. The fraction of sp³-hybridized carbons (Fsp3) is 0.217. The molecule has 1 N–H and O–H groups in total. The smallest absolute Gasteiger partial charge is 0.433 e. The number of carbonyl (C=O) groups excluding carboxylic acids is 1. The Labute approximate surface area is 205 Å². The number of carbonyl (C=O) groups is 1. The number of alkyl halides is 3. The van der Waals surface area contributed by atoms with Gasteiger partial charge in [-0.25, -0.2) is 14.5 Å². The number of pyridine rings is 2. The highest BCUT2D eigenvalue weighted by Crippen LogP contribution is 2.36. The number of rotatable bonds is 4. The van der Waals surface area contributed by atoms with Crippen molar-refractivity contribution in [1.29, 1.82) is 0 Å². The number of nitrogens with zero attached hydrogens (tertiary/aromatic N) is 7. The van der Waals surface area contributed by atoms with E-state index in [0.29, 0.717) is 23.6 Å². The van der Waals surface area contributed by atoms with E-state index in [1.54, 1.807) is 12.1 Å². The van der Waals surface area contributed by atoms with Crippen molar-refractivity contribution in [3.63, 3.8) is 0 Å². The molecule has 37 heavy (non-hydrogen) atoms. The van der Waals surface area contributed by atoms with Crippen LogP contribution in [-0.4, -0.2) is 59.2 Å². The number of methoxy groups -OCH3 is 1. The summed E-state index contributed by atoms with van der Waals surface area (Å²) < 4.78 is 52.3. The molecule has 0 unspecified atom stereocenters. The van der Waals surface area contributed by atoms with Crippen molar-refractivity contribution in [1.82, 2.24) is 39.7 Å². The maximum Gasteiger partial charge on any atom is 0.433 e. The molecule has 6 rings (SSSR count). The summed E-state index contributed by atoms with van der Waals surface area (Å²) in [6.45, 7) is 0.223. The highest BCUT2D eigenvalue weighted by molar-refractivity contribution is 5.90. The minimum atomic E-state index is -4.61. The van der Waals surface area contributed by atoms with Gasteiger partial charge in [0, 0.05) is 30.9 Å². The van der Waals surface area contributed by atoms with Crippen molar-refractivity contribution >= 4 is 11.4 Å². The lowest BCUT2D eigenvalue weighted by molar-refractivity contribution is -0.142. The lowest BCUT2D eigenvalue weighted by Crippen LogP contribution is -2.41. The summed E-state index contributed by atoms with van der Waals surface area (Å²) in [5.41, 5.74) is 1.25. The van der Waals surface area contributed by atoms with Gasteiger partial charge in [0.1, 0.15) is 11.7 Å². The molecule has 0 aromatic carbocycles. The van der Waals surface area contributed by atoms with Gasteiger partial charge in [-0.3, -0.25) is 4.79 Å². The molecule has 1 aliphatic heterocycles. The van der Waals surface area contributed by atoms with Crippen LogP contribution >= 0.6 is 0 Å². The van der Waals surface area contributed by atoms with Crippen molar-refractivity contribution in [2.24, 2.45) is 0 Å². The molecule has 1 amide bonds. The van der Waals surface area contributed by atoms with E-state index in [1.165, 1.54) is 42.7 Å². The van der Waals surface area contributed by atoms with Crippen LogP contribution in [0.4, 0.5) is 13.2 Å². The normalized spacial score (nSPS) is 15.7. The first kappa shape index (κ1) is 22.7. The van der Waals surface area contributed by atoms with Gasteiger partial charge in [0.25, 0.3) is 0 Å². The standard InChI is InChI=1S/C23H17F3N8O3/c1-36-17-6-5-12(10-27-17)20-30-31-21(37-20)22(35)33-8-7-14-18(29-11-28-14)19(33)15-9-13-3-2-4-16(23(24,25)26)34(13)32-15/h2-6,9-11,19H,7-8H2,1H3,(H,28,29)/t19-/m1/s1. The molecular formula is C23H17F3N8O3. The maximum absolute atomic E-state index is 13.6. The van der Waals surface area contributed by atoms with Gasteiger partial charge in [0.05, 0.1) is 35.9 Å². The largest absolute Gasteiger partial charge is 0.481 e. The number of aromatic amines is 1. The van der Waals surface area contributed by atoms with E-state index < -0.39 is 23.8 Å². The van der Waals surface area contributed by atoms with Gasteiger partial charge in [-0.05, 0) is 24.3 Å². The van der Waals surface area contributed by atoms with E-state index >= 15 is 0 Å². The molecule has 188 valence electrons. The maximum atomic E-state index is 13.6. The third kappa shape index (κ3) is 3.86. The molecule has 0 spiro atoms. The molecule has 0 fully saturated rings. The van der Waals surface area contributed by atoms with Gasteiger partial charge in [-0.1, -0.05) is 6.07 Å². The SMILES string of the molecule is COc1ccc(-c2nnc(C(=O)N3CCc4[nH]cnc4[C@H]3c3cc4cccc(C(F)(F)F)n4n3)o2)cn1. The zero-order chi connectivity index (χ0) is 25.7. The summed E-state index contributed by atoms with van der Waals surface area (Å²) in [4.78, 5) is 26.4. The Balaban J connectivity index is 1.39. The van der Waals surface area contributed by atoms with Crippen LogP contribution in [0.25, 0.3) is 17.0 Å². The average molecular weight is 510 g/mol. The van der Waals surface area contributed by atoms with Crippen LogP contribution in [0.3, 0.4) is 0 Å². The minimum absolute atomic E-state index is 0.0788. The Bertz CT molecular complexity index is 1610. The number of aromatic nitrogens is 7. The topological polar surface area (TPSA) is 127 Å². The summed E-state index contributed by atoms with van der Waals surface area (Å²) >= 11 is 0. The second kappa shape index (κ2) is 8.43. The van der Waals surface area contributed by atoms with Crippen molar-refractivity contribution in [2.75, 3.05) is 13.7 Å². The lowest BCUT2D eigenvalue weighted by atomic mass is 9.99. The monoisotopic (exact) mass is 510 g/mol. The Kier molecular flexibility index (Phi) is 5.17. The van der Waals surface area contributed by atoms with Gasteiger partial charge in [-0.15, -0.1) is 10.2 Å². The van der Waals surface area contributed by atoms with E-state index in [1.807, 2.05) is 0 Å². The number of hydrogen-bond donors (Lipinski definition) is 1. The molecule has 6 heterocycles. The summed E-state index contributed by atoms with van der Waals surface area (Å²) in [7, 11) is 1.48. The zero-order valence-corrected chi connectivity index (χ0v) is 19.1. The molecule has 0 aliphatic carbocycles. The summed E-state index contributed by atoms with van der Waals surface area (Å²) in [6, 6.07) is 7.66. The first-order chi connectivity index (χ1) is 17.8. The molecule has 0 saturated heterocycles. The first-order valence-electron chi connectivity index (χ1n) is 11.1. The summed E-state index contributed by atoms with van der Waals surface area (Å²) in [5, 5.41) is 12.1. The molecule has 0 bridgehead atoms. The summed E-state index contributed by atoms with van der Waals surface area (Å²) in [5.74, 6) is -0.414. The van der Waals surface area contributed by atoms with E-state index in [9.17, 15) is 18.0 Å². The first-order valence-corrected chi connectivity index (χ1v) is 11.1. The van der Waals surface area contributed by atoms with Crippen LogP contribution in [0.5, 0.6) is 5.88 Å². The van der Waals surface area contributed by atoms with Crippen LogP contribution in [-0.2, 0) is 12.6 Å². The van der Waals surface area contributed by atoms with Crippen LogP contribution in [0.15, 0.2) is 53.3 Å². The third-order valence-corrected chi connectivity index (χ3v) is 6.06. The molecule has 0 radical (unpaired) electrons. The second-order valence-corrected chi connectivity index (χ2v) is 8.23. The number of fused-ring (bicyclic) bond motifs is 2. The van der Waals surface area contributed by atoms with Crippen LogP contribution < -0.4 is 4.74 Å². The van der Waals surface area contributed by atoms with Gasteiger partial charge in [-0.2, -0.15) is 18.3 Å².